The van der Waals surface area contributed by atoms with Crippen molar-refractivity contribution in [2.45, 2.75) is 6.92 Å². The summed E-state index contributed by atoms with van der Waals surface area (Å²) in [4.78, 5) is 45.6. The summed E-state index contributed by atoms with van der Waals surface area (Å²) >= 11 is 0. The average Bonchev–Trinajstić information content (AvgIpc) is 2.57. The lowest BCUT2D eigenvalue weighted by atomic mass is 10.1. The number of aliphatic imine (C=N–C) groups is 1. The van der Waals surface area contributed by atoms with E-state index in [1.54, 1.807) is 42.6 Å². The van der Waals surface area contributed by atoms with Crippen molar-refractivity contribution < 1.29 is 14.4 Å². The largest absolute Gasteiger partial charge is 0.335 e. The Labute approximate surface area is 138 Å². The van der Waals surface area contributed by atoms with Crippen LogP contribution in [-0.4, -0.2) is 29.0 Å². The number of hydrogen-bond acceptors (Lipinski definition) is 5. The highest BCUT2D eigenvalue weighted by Crippen LogP contribution is 2.21. The van der Waals surface area contributed by atoms with Gasteiger partial charge >= 0.3 is 6.03 Å². The maximum atomic E-state index is 12.6. The van der Waals surface area contributed by atoms with Crippen molar-refractivity contribution in [2.24, 2.45) is 10.9 Å². The minimum atomic E-state index is -1.18. The van der Waals surface area contributed by atoms with Crippen molar-refractivity contribution in [3.8, 4) is 0 Å². The lowest BCUT2D eigenvalue weighted by molar-refractivity contribution is -0.131. The quantitative estimate of drug-likeness (QED) is 0.691. The Kier molecular flexibility index (Phi) is 4.15. The molecule has 0 saturated carbocycles. The molecule has 0 unspecified atom stereocenters. The highest BCUT2D eigenvalue weighted by atomic mass is 16.2. The summed E-state index contributed by atoms with van der Waals surface area (Å²) in [6.07, 6.45) is 4.32. The number of anilines is 1. The van der Waals surface area contributed by atoms with E-state index in [1.165, 1.54) is 12.4 Å². The first-order chi connectivity index (χ1) is 11.6. The molecule has 0 spiro atoms. The normalized spacial score (nSPS) is 18.1. The number of carbonyl (C=O) groups excluding carboxylic acids is 3. The number of hydrogen-bond donors (Lipinski definition) is 1. The predicted octanol–water partition coefficient (Wildman–Crippen LogP) is 1.99. The Hall–Kier alpha value is -3.35. The minimum Gasteiger partial charge on any atom is -0.276 e. The lowest BCUT2D eigenvalue weighted by Crippen LogP contribution is -2.58. The van der Waals surface area contributed by atoms with Crippen molar-refractivity contribution in [1.82, 2.24) is 10.3 Å². The third kappa shape index (κ3) is 3.05. The summed E-state index contributed by atoms with van der Waals surface area (Å²) in [7, 11) is 0. The fourth-order valence-corrected chi connectivity index (χ4v) is 2.25. The number of rotatable bonds is 3. The Morgan fingerprint density at radius 1 is 1.17 bits per heavy atom. The molecule has 120 valence electrons. The molecule has 0 bridgehead atoms. The van der Waals surface area contributed by atoms with E-state index in [9.17, 15) is 14.4 Å². The van der Waals surface area contributed by atoms with Gasteiger partial charge in [0.1, 0.15) is 0 Å². The molecule has 24 heavy (non-hydrogen) atoms. The van der Waals surface area contributed by atoms with Crippen LogP contribution in [0, 0.1) is 12.8 Å². The number of aromatic nitrogens is 1. The van der Waals surface area contributed by atoms with Crippen molar-refractivity contribution in [3.05, 3.63) is 54.4 Å². The second-order valence-corrected chi connectivity index (χ2v) is 5.27. The number of imide groups is 2. The first-order valence-electron chi connectivity index (χ1n) is 7.26. The summed E-state index contributed by atoms with van der Waals surface area (Å²) in [5.74, 6) is -2.51. The van der Waals surface area contributed by atoms with Crippen LogP contribution in [0.2, 0.25) is 0 Å². The van der Waals surface area contributed by atoms with Gasteiger partial charge in [-0.3, -0.25) is 24.9 Å². The number of amides is 4. The van der Waals surface area contributed by atoms with Crippen molar-refractivity contribution in [1.29, 1.82) is 0 Å². The second-order valence-electron chi connectivity index (χ2n) is 5.27. The van der Waals surface area contributed by atoms with E-state index in [0.717, 1.165) is 10.5 Å². The van der Waals surface area contributed by atoms with Gasteiger partial charge in [-0.25, -0.2) is 9.69 Å². The lowest BCUT2D eigenvalue weighted by Gasteiger charge is -2.28. The van der Waals surface area contributed by atoms with E-state index in [-0.39, 0.29) is 0 Å². The van der Waals surface area contributed by atoms with Crippen molar-refractivity contribution >= 4 is 35.4 Å². The standard InChI is InChI=1S/C17H14N4O3/c1-11-4-6-13(7-5-11)21-16(23)14(15(22)20-17(21)24)10-19-12-3-2-8-18-9-12/h2-10,14H,1H3,(H,20,22,24)/t14-/m1/s1. The molecule has 1 saturated heterocycles. The van der Waals surface area contributed by atoms with Gasteiger partial charge in [0, 0.05) is 12.4 Å². The van der Waals surface area contributed by atoms with E-state index >= 15 is 0 Å². The van der Waals surface area contributed by atoms with Gasteiger partial charge in [0.05, 0.1) is 17.6 Å². The fraction of sp³-hybridized carbons (Fsp3) is 0.118. The molecular weight excluding hydrogens is 308 g/mol. The van der Waals surface area contributed by atoms with Gasteiger partial charge in [-0.2, -0.15) is 0 Å². The van der Waals surface area contributed by atoms with E-state index in [1.807, 2.05) is 6.92 Å². The fourth-order valence-electron chi connectivity index (χ4n) is 2.25. The number of carbonyl (C=O) groups is 3. The van der Waals surface area contributed by atoms with Crippen LogP contribution < -0.4 is 10.2 Å². The van der Waals surface area contributed by atoms with Crippen LogP contribution in [0.3, 0.4) is 0 Å². The zero-order chi connectivity index (χ0) is 17.1. The van der Waals surface area contributed by atoms with Gasteiger partial charge in [0.25, 0.3) is 5.91 Å². The SMILES string of the molecule is Cc1ccc(N2C(=O)NC(=O)[C@@H](C=Nc3cccnc3)C2=O)cc1. The summed E-state index contributed by atoms with van der Waals surface area (Å²) in [6.45, 7) is 1.90. The monoisotopic (exact) mass is 322 g/mol. The van der Waals surface area contributed by atoms with Gasteiger partial charge in [0.15, 0.2) is 5.92 Å². The molecule has 2 aromatic rings. The molecule has 0 aliphatic carbocycles. The molecule has 1 N–H and O–H groups in total. The van der Waals surface area contributed by atoms with Crippen LogP contribution in [-0.2, 0) is 9.59 Å². The molecule has 1 aliphatic rings. The smallest absolute Gasteiger partial charge is 0.276 e. The van der Waals surface area contributed by atoms with E-state index in [0.29, 0.717) is 11.4 Å². The molecule has 7 heteroatoms. The first-order valence-corrected chi connectivity index (χ1v) is 7.26. The highest BCUT2D eigenvalue weighted by molar-refractivity contribution is 6.32. The van der Waals surface area contributed by atoms with Gasteiger partial charge in [0.2, 0.25) is 5.91 Å². The molecule has 3 rings (SSSR count). The van der Waals surface area contributed by atoms with Crippen molar-refractivity contribution in [3.63, 3.8) is 0 Å². The van der Waals surface area contributed by atoms with Crippen LogP contribution in [0.4, 0.5) is 16.2 Å². The molecular formula is C17H14N4O3. The number of aryl methyl sites for hydroxylation is 1. The molecule has 2 heterocycles. The third-order valence-electron chi connectivity index (χ3n) is 3.51. The number of benzene rings is 1. The third-order valence-corrected chi connectivity index (χ3v) is 3.51. The molecule has 1 aliphatic heterocycles. The summed E-state index contributed by atoms with van der Waals surface area (Å²) in [5.41, 5.74) is 1.90. The number of nitrogens with zero attached hydrogens (tertiary/aromatic N) is 3. The first kappa shape index (κ1) is 15.5. The average molecular weight is 322 g/mol. The predicted molar refractivity (Wildman–Crippen MR) is 88.1 cm³/mol. The van der Waals surface area contributed by atoms with E-state index in [2.05, 4.69) is 15.3 Å². The molecule has 1 aromatic heterocycles. The summed E-state index contributed by atoms with van der Waals surface area (Å²) in [5, 5.41) is 2.18. The van der Waals surface area contributed by atoms with Crippen LogP contribution in [0.25, 0.3) is 0 Å². The van der Waals surface area contributed by atoms with Gasteiger partial charge in [-0.1, -0.05) is 17.7 Å². The Balaban J connectivity index is 1.88. The van der Waals surface area contributed by atoms with Crippen LogP contribution in [0.1, 0.15) is 5.56 Å². The topological polar surface area (TPSA) is 91.7 Å². The minimum absolute atomic E-state index is 0.398. The van der Waals surface area contributed by atoms with Crippen LogP contribution >= 0.6 is 0 Å². The summed E-state index contributed by atoms with van der Waals surface area (Å²) in [6, 6.07) is 9.49. The maximum absolute atomic E-state index is 12.6. The molecule has 0 radical (unpaired) electrons. The zero-order valence-corrected chi connectivity index (χ0v) is 12.8. The van der Waals surface area contributed by atoms with Crippen LogP contribution in [0.15, 0.2) is 53.8 Å². The van der Waals surface area contributed by atoms with Crippen LogP contribution in [0.5, 0.6) is 0 Å². The van der Waals surface area contributed by atoms with Gasteiger partial charge < -0.3 is 0 Å². The number of barbiturate groups is 1. The zero-order valence-electron chi connectivity index (χ0n) is 12.8. The summed E-state index contributed by atoms with van der Waals surface area (Å²) < 4.78 is 0. The maximum Gasteiger partial charge on any atom is 0.335 e. The molecule has 1 fully saturated rings. The number of urea groups is 1. The molecule has 1 atom stereocenters. The van der Waals surface area contributed by atoms with E-state index in [4.69, 9.17) is 0 Å². The molecule has 1 aromatic carbocycles. The van der Waals surface area contributed by atoms with Gasteiger partial charge in [-0.05, 0) is 31.2 Å². The van der Waals surface area contributed by atoms with Crippen molar-refractivity contribution in [2.75, 3.05) is 4.90 Å². The van der Waals surface area contributed by atoms with Gasteiger partial charge in [-0.15, -0.1) is 0 Å². The highest BCUT2D eigenvalue weighted by Gasteiger charge is 2.40. The Bertz CT molecular complexity index is 815. The van der Waals surface area contributed by atoms with E-state index < -0.39 is 23.8 Å². The second kappa shape index (κ2) is 6.41. The Morgan fingerprint density at radius 3 is 2.58 bits per heavy atom. The molecule has 7 nitrogen and oxygen atoms in total. The Morgan fingerprint density at radius 2 is 1.92 bits per heavy atom. The molecule has 4 amide bonds. The number of pyridine rings is 1. The number of nitrogens with one attached hydrogen (secondary N) is 1.